The fraction of sp³-hybridized carbons (Fsp3) is 0.588. The third kappa shape index (κ3) is 6.62. The minimum atomic E-state index is -1.30. The van der Waals surface area contributed by atoms with Crippen molar-refractivity contribution < 1.29 is 33.8 Å². The van der Waals surface area contributed by atoms with Crippen LogP contribution in [0.2, 0.25) is 0 Å². The Morgan fingerprint density at radius 1 is 1.24 bits per heavy atom. The SMILES string of the molecule is C=CCCC(=O)NC[C@@H](OC(=O)[C@@H]1[C@H]2O[C@@]3(CC2Br)[C@H](C(=O)N(CC=C)C(C)(C)C)N([C@@H](CC)CO)C(=O)[C@@H]13)c1ccccc1. The van der Waals surface area contributed by atoms with Gasteiger partial charge in [0.05, 0.1) is 37.1 Å². The molecule has 11 heteroatoms. The molecule has 2 bridgehead atoms. The van der Waals surface area contributed by atoms with Crippen LogP contribution in [0.15, 0.2) is 55.6 Å². The number of carbonyl (C=O) groups excluding carboxylic acids is 4. The Labute approximate surface area is 274 Å². The molecule has 0 aromatic heterocycles. The highest BCUT2D eigenvalue weighted by Gasteiger charge is 2.77. The van der Waals surface area contributed by atoms with Crippen molar-refractivity contribution >= 4 is 39.6 Å². The normalized spacial score (nSPS) is 28.3. The molecule has 3 fully saturated rings. The third-order valence-corrected chi connectivity index (χ3v) is 10.0. The van der Waals surface area contributed by atoms with Crippen LogP contribution in [0, 0.1) is 11.8 Å². The standard InChI is InChI=1S/C34H46BrN3O7/c1-7-10-16-25(40)36-19-24(21-14-12-11-13-15-21)44-32(43)26-27-30(41)38(22(9-3)20-39)29(34(27)18-23(35)28(26)45-34)31(42)37(17-8-2)33(4,5)6/h7-8,11-15,22-24,26-29,39H,1-2,9-10,16-20H2,3-6H3,(H,36,40)/t22-,23?,24+,26-,27+,28-,29-,34+/m0/s1. The van der Waals surface area contributed by atoms with Gasteiger partial charge in [0.1, 0.15) is 17.7 Å². The van der Waals surface area contributed by atoms with Crippen LogP contribution in [-0.2, 0) is 28.7 Å². The molecule has 246 valence electrons. The van der Waals surface area contributed by atoms with E-state index in [1.165, 1.54) is 4.90 Å². The van der Waals surface area contributed by atoms with Gasteiger partial charge in [-0.25, -0.2) is 0 Å². The van der Waals surface area contributed by atoms with Crippen LogP contribution < -0.4 is 5.32 Å². The number of amides is 3. The molecule has 3 amide bonds. The van der Waals surface area contributed by atoms with Gasteiger partial charge in [0.25, 0.3) is 0 Å². The Bertz CT molecular complexity index is 1280. The fourth-order valence-corrected chi connectivity index (χ4v) is 7.98. The van der Waals surface area contributed by atoms with Crippen molar-refractivity contribution in [1.29, 1.82) is 0 Å². The maximum Gasteiger partial charge on any atom is 0.313 e. The zero-order valence-corrected chi connectivity index (χ0v) is 28.2. The van der Waals surface area contributed by atoms with E-state index in [-0.39, 0.29) is 42.8 Å². The minimum Gasteiger partial charge on any atom is -0.455 e. The Balaban J connectivity index is 1.71. The van der Waals surface area contributed by atoms with Crippen molar-refractivity contribution in [2.75, 3.05) is 19.7 Å². The summed E-state index contributed by atoms with van der Waals surface area (Å²) in [5.41, 5.74) is -1.21. The number of nitrogens with one attached hydrogen (secondary N) is 1. The van der Waals surface area contributed by atoms with Crippen molar-refractivity contribution in [3.8, 4) is 0 Å². The number of ether oxygens (including phenoxy) is 2. The van der Waals surface area contributed by atoms with Crippen molar-refractivity contribution in [2.45, 2.75) is 93.6 Å². The van der Waals surface area contributed by atoms with Gasteiger partial charge in [0.2, 0.25) is 17.7 Å². The number of likely N-dealkylation sites (tertiary alicyclic amines) is 1. The lowest BCUT2D eigenvalue weighted by molar-refractivity contribution is -0.161. The number of esters is 1. The van der Waals surface area contributed by atoms with E-state index in [1.807, 2.05) is 58.0 Å². The van der Waals surface area contributed by atoms with Crippen molar-refractivity contribution in [1.82, 2.24) is 15.1 Å². The molecule has 3 saturated heterocycles. The average molecular weight is 689 g/mol. The number of rotatable bonds is 14. The van der Waals surface area contributed by atoms with Crippen LogP contribution in [0.25, 0.3) is 0 Å². The Hall–Kier alpha value is -3.02. The summed E-state index contributed by atoms with van der Waals surface area (Å²) in [5.74, 6) is -3.54. The first-order valence-corrected chi connectivity index (χ1v) is 16.6. The first kappa shape index (κ1) is 34.8. The highest BCUT2D eigenvalue weighted by atomic mass is 79.9. The largest absolute Gasteiger partial charge is 0.455 e. The van der Waals surface area contributed by atoms with Crippen LogP contribution in [-0.4, -0.2) is 92.4 Å². The molecule has 2 N–H and O–H groups in total. The maximum atomic E-state index is 14.5. The van der Waals surface area contributed by atoms with Crippen molar-refractivity contribution in [2.24, 2.45) is 11.8 Å². The third-order valence-electron chi connectivity index (χ3n) is 9.19. The second-order valence-corrected chi connectivity index (χ2v) is 14.2. The Morgan fingerprint density at radius 3 is 2.51 bits per heavy atom. The number of carbonyl (C=O) groups is 4. The first-order valence-electron chi connectivity index (χ1n) is 15.7. The van der Waals surface area contributed by atoms with Crippen LogP contribution in [0.4, 0.5) is 0 Å². The summed E-state index contributed by atoms with van der Waals surface area (Å²) in [6, 6.07) is 7.40. The predicted octanol–water partition coefficient (Wildman–Crippen LogP) is 3.69. The summed E-state index contributed by atoms with van der Waals surface area (Å²) in [7, 11) is 0. The molecular weight excluding hydrogens is 642 g/mol. The lowest BCUT2D eigenvalue weighted by atomic mass is 9.70. The number of allylic oxidation sites excluding steroid dienone is 1. The molecule has 1 unspecified atom stereocenters. The number of benzene rings is 1. The van der Waals surface area contributed by atoms with Gasteiger partial charge in [-0.2, -0.15) is 0 Å². The number of alkyl halides is 1. The molecular formula is C34H46BrN3O7. The molecule has 3 aliphatic rings. The monoisotopic (exact) mass is 687 g/mol. The topological polar surface area (TPSA) is 125 Å². The highest BCUT2D eigenvalue weighted by Crippen LogP contribution is 2.61. The number of nitrogens with zero attached hydrogens (tertiary/aromatic N) is 2. The molecule has 0 radical (unpaired) electrons. The van der Waals surface area contributed by atoms with Crippen LogP contribution in [0.5, 0.6) is 0 Å². The summed E-state index contributed by atoms with van der Waals surface area (Å²) in [6.07, 6.45) is 3.29. The summed E-state index contributed by atoms with van der Waals surface area (Å²) in [5, 5.41) is 13.2. The average Bonchev–Trinajstić information content (AvgIpc) is 3.60. The number of fused-ring (bicyclic) bond motifs is 1. The number of hydrogen-bond donors (Lipinski definition) is 2. The van der Waals surface area contributed by atoms with E-state index in [0.717, 1.165) is 0 Å². The van der Waals surface area contributed by atoms with Gasteiger partial charge >= 0.3 is 5.97 Å². The van der Waals surface area contributed by atoms with Gasteiger partial charge in [0, 0.05) is 23.3 Å². The quantitative estimate of drug-likeness (QED) is 0.174. The number of halogens is 1. The molecule has 8 atom stereocenters. The van der Waals surface area contributed by atoms with E-state index in [0.29, 0.717) is 24.8 Å². The van der Waals surface area contributed by atoms with E-state index in [1.54, 1.807) is 17.1 Å². The Kier molecular flexibility index (Phi) is 11.0. The molecule has 4 rings (SSSR count). The maximum absolute atomic E-state index is 14.5. The summed E-state index contributed by atoms with van der Waals surface area (Å²) >= 11 is 3.70. The molecule has 10 nitrogen and oxygen atoms in total. The second-order valence-electron chi connectivity index (χ2n) is 13.0. The number of hydrogen-bond acceptors (Lipinski definition) is 7. The highest BCUT2D eigenvalue weighted by molar-refractivity contribution is 9.09. The molecule has 0 aliphatic carbocycles. The lowest BCUT2D eigenvalue weighted by Crippen LogP contribution is -2.61. The molecule has 1 aromatic carbocycles. The number of aliphatic hydroxyl groups excluding tert-OH is 1. The molecule has 45 heavy (non-hydrogen) atoms. The summed E-state index contributed by atoms with van der Waals surface area (Å²) in [6.45, 7) is 15.0. The summed E-state index contributed by atoms with van der Waals surface area (Å²) < 4.78 is 12.7. The number of aliphatic hydroxyl groups is 1. The predicted molar refractivity (Wildman–Crippen MR) is 173 cm³/mol. The summed E-state index contributed by atoms with van der Waals surface area (Å²) in [4.78, 5) is 58.3. The smallest absolute Gasteiger partial charge is 0.313 e. The van der Waals surface area contributed by atoms with Crippen LogP contribution in [0.1, 0.15) is 65.0 Å². The van der Waals surface area contributed by atoms with Gasteiger partial charge in [-0.15, -0.1) is 13.2 Å². The first-order chi connectivity index (χ1) is 21.4. The van der Waals surface area contributed by atoms with Crippen molar-refractivity contribution in [3.63, 3.8) is 0 Å². The molecule has 0 saturated carbocycles. The van der Waals surface area contributed by atoms with Gasteiger partial charge < -0.3 is 29.7 Å². The second kappa shape index (κ2) is 14.2. The van der Waals surface area contributed by atoms with Crippen LogP contribution >= 0.6 is 15.9 Å². The van der Waals surface area contributed by atoms with Crippen molar-refractivity contribution in [3.05, 3.63) is 61.2 Å². The molecule has 1 spiro atoms. The fourth-order valence-electron chi connectivity index (χ4n) is 7.04. The zero-order valence-electron chi connectivity index (χ0n) is 26.6. The lowest BCUT2D eigenvalue weighted by Gasteiger charge is -2.43. The van der Waals surface area contributed by atoms with Gasteiger partial charge in [-0.3, -0.25) is 19.2 Å². The molecule has 1 aromatic rings. The Morgan fingerprint density at radius 2 is 1.93 bits per heavy atom. The van der Waals surface area contributed by atoms with E-state index >= 15 is 0 Å². The van der Waals surface area contributed by atoms with Gasteiger partial charge in [-0.05, 0) is 45.6 Å². The molecule has 3 heterocycles. The van der Waals surface area contributed by atoms with E-state index in [4.69, 9.17) is 9.47 Å². The van der Waals surface area contributed by atoms with E-state index in [2.05, 4.69) is 34.4 Å². The van der Waals surface area contributed by atoms with Gasteiger partial charge in [0.15, 0.2) is 0 Å². The minimum absolute atomic E-state index is 0.0449. The molecule has 3 aliphatic heterocycles. The van der Waals surface area contributed by atoms with E-state index in [9.17, 15) is 24.3 Å². The van der Waals surface area contributed by atoms with E-state index < -0.39 is 59.1 Å². The van der Waals surface area contributed by atoms with Gasteiger partial charge in [-0.1, -0.05) is 65.3 Å². The zero-order chi connectivity index (χ0) is 33.1. The van der Waals surface area contributed by atoms with Crippen LogP contribution in [0.3, 0.4) is 0 Å².